The molecule has 1 rings (SSSR count). The Kier molecular flexibility index (Phi) is 5.56. The second kappa shape index (κ2) is 6.41. The molecule has 1 aromatic rings. The summed E-state index contributed by atoms with van der Waals surface area (Å²) in [7, 11) is -6.93. The molecule has 1 aromatic carbocycles. The lowest BCUT2D eigenvalue weighted by molar-refractivity contribution is -0.382. The molecule has 0 aliphatic heterocycles. The average molecular weight is 425 g/mol. The van der Waals surface area contributed by atoms with E-state index in [2.05, 4.69) is 4.18 Å². The first-order valence-corrected chi connectivity index (χ1v) is 7.74. The molecular weight excluding hydrogens is 419 g/mol. The third kappa shape index (κ3) is 3.61. The van der Waals surface area contributed by atoms with Crippen LogP contribution in [0.3, 0.4) is 0 Å². The number of hydrogen-bond acceptors (Lipinski definition) is 3. The standard InChI is InChI=1S/C11H6ClF9O3S/c12-5-6-1-3-7(4-2-6)24-25(22,23)11(20,21)9(15,16)8(13,14)10(17,18)19/h1-4H,5H2. The van der Waals surface area contributed by atoms with Crippen molar-refractivity contribution >= 4 is 21.7 Å². The van der Waals surface area contributed by atoms with E-state index in [1.807, 2.05) is 0 Å². The van der Waals surface area contributed by atoms with Crippen LogP contribution in [0, 0.1) is 0 Å². The van der Waals surface area contributed by atoms with Crippen LogP contribution in [0.2, 0.25) is 0 Å². The fourth-order valence-corrected chi connectivity index (χ4v) is 2.42. The number of rotatable bonds is 6. The van der Waals surface area contributed by atoms with Crippen molar-refractivity contribution in [3.63, 3.8) is 0 Å². The van der Waals surface area contributed by atoms with Gasteiger partial charge in [0, 0.05) is 5.88 Å². The Morgan fingerprint density at radius 3 is 1.64 bits per heavy atom. The van der Waals surface area contributed by atoms with Gasteiger partial charge in [-0.05, 0) is 17.7 Å². The zero-order valence-electron chi connectivity index (χ0n) is 11.4. The van der Waals surface area contributed by atoms with Gasteiger partial charge in [0.1, 0.15) is 5.75 Å². The van der Waals surface area contributed by atoms with Crippen LogP contribution < -0.4 is 4.18 Å². The summed E-state index contributed by atoms with van der Waals surface area (Å²) in [5.41, 5.74) is 0.312. The molecule has 144 valence electrons. The zero-order valence-corrected chi connectivity index (χ0v) is 13.0. The number of alkyl halides is 10. The van der Waals surface area contributed by atoms with Gasteiger partial charge in [0.15, 0.2) is 0 Å². The van der Waals surface area contributed by atoms with E-state index in [0.717, 1.165) is 12.1 Å². The molecule has 0 aromatic heterocycles. The first kappa shape index (κ1) is 21.7. The van der Waals surface area contributed by atoms with Crippen molar-refractivity contribution in [1.82, 2.24) is 0 Å². The summed E-state index contributed by atoms with van der Waals surface area (Å²) >= 11 is 5.37. The first-order valence-electron chi connectivity index (χ1n) is 5.80. The van der Waals surface area contributed by atoms with Gasteiger partial charge in [0.2, 0.25) is 0 Å². The molecule has 0 bridgehead atoms. The molecule has 0 aliphatic carbocycles. The molecule has 0 fully saturated rings. The van der Waals surface area contributed by atoms with Crippen LogP contribution in [0.5, 0.6) is 5.75 Å². The van der Waals surface area contributed by atoms with E-state index in [4.69, 9.17) is 11.6 Å². The Hall–Kier alpha value is -1.37. The highest BCUT2D eigenvalue weighted by atomic mass is 35.5. The number of benzene rings is 1. The fourth-order valence-electron chi connectivity index (χ4n) is 1.33. The SMILES string of the molecule is O=S(=O)(Oc1ccc(CCl)cc1)C(F)(F)C(F)(F)C(F)(F)C(F)(F)F. The average Bonchev–Trinajstić information content (AvgIpc) is 2.45. The largest absolute Gasteiger partial charge is 0.460 e. The van der Waals surface area contributed by atoms with Gasteiger partial charge in [-0.25, -0.2) is 0 Å². The molecule has 0 amide bonds. The molecule has 0 saturated heterocycles. The maximum Gasteiger partial charge on any atom is 0.460 e. The smallest absolute Gasteiger partial charge is 0.378 e. The van der Waals surface area contributed by atoms with Crippen molar-refractivity contribution in [2.75, 3.05) is 0 Å². The minimum atomic E-state index is -7.34. The van der Waals surface area contributed by atoms with E-state index >= 15 is 0 Å². The Labute approximate surface area is 139 Å². The van der Waals surface area contributed by atoms with Crippen LogP contribution in [0.1, 0.15) is 5.56 Å². The van der Waals surface area contributed by atoms with Crippen molar-refractivity contribution in [1.29, 1.82) is 0 Å². The highest BCUT2D eigenvalue weighted by Gasteiger charge is 2.86. The van der Waals surface area contributed by atoms with Gasteiger partial charge in [-0.2, -0.15) is 47.9 Å². The summed E-state index contributed by atoms with van der Waals surface area (Å²) in [6.07, 6.45) is -7.14. The first-order chi connectivity index (χ1) is 11.0. The topological polar surface area (TPSA) is 43.4 Å². The van der Waals surface area contributed by atoms with E-state index in [1.165, 1.54) is 0 Å². The van der Waals surface area contributed by atoms with Crippen LogP contribution in [0.25, 0.3) is 0 Å². The van der Waals surface area contributed by atoms with E-state index in [1.54, 1.807) is 0 Å². The summed E-state index contributed by atoms with van der Waals surface area (Å²) in [5.74, 6) is -15.8. The Morgan fingerprint density at radius 1 is 0.840 bits per heavy atom. The summed E-state index contributed by atoms with van der Waals surface area (Å²) in [6, 6.07) is 3.34. The predicted octanol–water partition coefficient (Wildman–Crippen LogP) is 4.56. The third-order valence-electron chi connectivity index (χ3n) is 2.71. The maximum atomic E-state index is 13.4. The molecule has 0 N–H and O–H groups in total. The summed E-state index contributed by atoms with van der Waals surface area (Å²) in [6.45, 7) is 0. The molecule has 0 heterocycles. The number of hydrogen-bond donors (Lipinski definition) is 0. The summed E-state index contributed by atoms with van der Waals surface area (Å²) in [5, 5.41) is -6.90. The molecule has 0 radical (unpaired) electrons. The van der Waals surface area contributed by atoms with Gasteiger partial charge in [0.25, 0.3) is 0 Å². The highest BCUT2D eigenvalue weighted by Crippen LogP contribution is 2.54. The maximum absolute atomic E-state index is 13.4. The van der Waals surface area contributed by atoms with Crippen molar-refractivity contribution in [2.45, 2.75) is 29.2 Å². The predicted molar refractivity (Wildman–Crippen MR) is 66.4 cm³/mol. The second-order valence-corrected chi connectivity index (χ2v) is 6.33. The van der Waals surface area contributed by atoms with Crippen LogP contribution >= 0.6 is 11.6 Å². The van der Waals surface area contributed by atoms with Gasteiger partial charge >= 0.3 is 33.4 Å². The van der Waals surface area contributed by atoms with Crippen LogP contribution in [0.15, 0.2) is 24.3 Å². The summed E-state index contributed by atoms with van der Waals surface area (Å²) in [4.78, 5) is 0. The molecule has 14 heteroatoms. The van der Waals surface area contributed by atoms with Gasteiger partial charge in [-0.15, -0.1) is 11.6 Å². The lowest BCUT2D eigenvalue weighted by Crippen LogP contribution is -2.63. The Balaban J connectivity index is 3.29. The molecule has 0 aliphatic rings. The van der Waals surface area contributed by atoms with Gasteiger partial charge in [-0.1, -0.05) is 12.1 Å². The van der Waals surface area contributed by atoms with Gasteiger partial charge in [-0.3, -0.25) is 0 Å². The minimum absolute atomic E-state index is 0.112. The van der Waals surface area contributed by atoms with Crippen molar-refractivity contribution in [3.05, 3.63) is 29.8 Å². The van der Waals surface area contributed by atoms with Crippen LogP contribution in [-0.4, -0.2) is 31.7 Å². The zero-order chi connectivity index (χ0) is 19.9. The minimum Gasteiger partial charge on any atom is -0.378 e. The molecule has 0 atom stereocenters. The van der Waals surface area contributed by atoms with Crippen molar-refractivity contribution in [3.8, 4) is 5.75 Å². The molecule has 3 nitrogen and oxygen atoms in total. The quantitative estimate of drug-likeness (QED) is 0.382. The van der Waals surface area contributed by atoms with E-state index in [9.17, 15) is 47.9 Å². The lowest BCUT2D eigenvalue weighted by Gasteiger charge is -2.32. The van der Waals surface area contributed by atoms with Gasteiger partial charge in [0.05, 0.1) is 0 Å². The van der Waals surface area contributed by atoms with Crippen molar-refractivity contribution in [2.24, 2.45) is 0 Å². The fraction of sp³-hybridized carbons (Fsp3) is 0.455. The molecular formula is C11H6ClF9O3S. The molecule has 0 saturated carbocycles. The van der Waals surface area contributed by atoms with Crippen molar-refractivity contribution < 1.29 is 52.1 Å². The Morgan fingerprint density at radius 2 is 1.28 bits per heavy atom. The third-order valence-corrected chi connectivity index (χ3v) is 4.32. The second-order valence-electron chi connectivity index (χ2n) is 4.48. The van der Waals surface area contributed by atoms with Crippen LogP contribution in [-0.2, 0) is 16.0 Å². The van der Waals surface area contributed by atoms with Crippen LogP contribution in [0.4, 0.5) is 39.5 Å². The monoisotopic (exact) mass is 424 g/mol. The highest BCUT2D eigenvalue weighted by molar-refractivity contribution is 7.88. The molecule has 0 unspecified atom stereocenters. The Bertz CT molecular complexity index is 713. The van der Waals surface area contributed by atoms with E-state index in [-0.39, 0.29) is 5.88 Å². The van der Waals surface area contributed by atoms with Gasteiger partial charge < -0.3 is 4.18 Å². The van der Waals surface area contributed by atoms with E-state index in [0.29, 0.717) is 17.7 Å². The number of halogens is 10. The van der Waals surface area contributed by atoms with E-state index < -0.39 is 39.1 Å². The molecule has 25 heavy (non-hydrogen) atoms. The molecule has 0 spiro atoms. The lowest BCUT2D eigenvalue weighted by atomic mass is 10.1. The normalized spacial score (nSPS) is 14.5. The summed E-state index contributed by atoms with van der Waals surface area (Å²) < 4.78 is 140.